The second-order valence-corrected chi connectivity index (χ2v) is 7.92. The molecule has 2 N–H and O–H groups in total. The van der Waals surface area contributed by atoms with E-state index in [1.165, 1.54) is 0 Å². The summed E-state index contributed by atoms with van der Waals surface area (Å²) in [6, 6.07) is 0.513. The Kier molecular flexibility index (Phi) is 5.24. The fourth-order valence-electron chi connectivity index (χ4n) is 4.30. The third-order valence-electron chi connectivity index (χ3n) is 6.03. The highest BCUT2D eigenvalue weighted by atomic mass is 16.2. The number of nitrogens with zero attached hydrogens (tertiary/aromatic N) is 3. The van der Waals surface area contributed by atoms with Crippen molar-refractivity contribution < 1.29 is 9.59 Å². The maximum atomic E-state index is 12.5. The normalized spacial score (nSPS) is 25.2. The Morgan fingerprint density at radius 3 is 2.62 bits per heavy atom. The molecule has 1 aromatic heterocycles. The smallest absolute Gasteiger partial charge is 0.225 e. The number of aromatic amines is 1. The van der Waals surface area contributed by atoms with Crippen LogP contribution < -0.4 is 5.32 Å². The molecule has 2 aliphatic heterocycles. The second kappa shape index (κ2) is 7.78. The van der Waals surface area contributed by atoms with E-state index >= 15 is 0 Å². The number of hydrogen-bond donors (Lipinski definition) is 2. The van der Waals surface area contributed by atoms with Gasteiger partial charge in [-0.25, -0.2) is 4.98 Å². The molecular weight excluding hydrogens is 330 g/mol. The summed E-state index contributed by atoms with van der Waals surface area (Å²) in [7, 11) is 0. The first-order chi connectivity index (χ1) is 12.7. The summed E-state index contributed by atoms with van der Waals surface area (Å²) in [6.45, 7) is 4.14. The van der Waals surface area contributed by atoms with Gasteiger partial charge >= 0.3 is 0 Å². The van der Waals surface area contributed by atoms with Crippen LogP contribution in [0, 0.1) is 11.8 Å². The van der Waals surface area contributed by atoms with Crippen LogP contribution in [0.5, 0.6) is 0 Å². The zero-order valence-electron chi connectivity index (χ0n) is 15.3. The highest BCUT2D eigenvalue weighted by molar-refractivity contribution is 5.81. The molecule has 26 heavy (non-hydrogen) atoms. The molecule has 7 nitrogen and oxygen atoms in total. The first-order valence-corrected chi connectivity index (χ1v) is 9.99. The molecule has 3 fully saturated rings. The highest BCUT2D eigenvalue weighted by Crippen LogP contribution is 2.32. The lowest BCUT2D eigenvalue weighted by atomic mass is 9.93. The fraction of sp³-hybridized carbons (Fsp3) is 0.737. The van der Waals surface area contributed by atoms with Crippen molar-refractivity contribution in [3.05, 3.63) is 18.2 Å². The van der Waals surface area contributed by atoms with Crippen LogP contribution in [0.3, 0.4) is 0 Å². The van der Waals surface area contributed by atoms with Crippen LogP contribution in [0.1, 0.15) is 44.3 Å². The van der Waals surface area contributed by atoms with Gasteiger partial charge in [0.25, 0.3) is 0 Å². The minimum Gasteiger partial charge on any atom is -0.349 e. The topological polar surface area (TPSA) is 81.3 Å². The molecule has 0 aromatic carbocycles. The van der Waals surface area contributed by atoms with Crippen LogP contribution in [0.15, 0.2) is 12.4 Å². The third-order valence-corrected chi connectivity index (χ3v) is 6.03. The Balaban J connectivity index is 1.24. The van der Waals surface area contributed by atoms with Gasteiger partial charge in [0.05, 0.1) is 12.5 Å². The summed E-state index contributed by atoms with van der Waals surface area (Å²) in [4.78, 5) is 36.4. The van der Waals surface area contributed by atoms with Gasteiger partial charge in [-0.1, -0.05) is 0 Å². The number of imidazole rings is 1. The summed E-state index contributed by atoms with van der Waals surface area (Å²) in [6.07, 6.45) is 9.74. The minimum absolute atomic E-state index is 0.0600. The van der Waals surface area contributed by atoms with Crippen molar-refractivity contribution >= 4 is 11.8 Å². The van der Waals surface area contributed by atoms with Gasteiger partial charge in [-0.3, -0.25) is 14.5 Å². The Hall–Kier alpha value is -1.89. The number of piperidine rings is 2. The van der Waals surface area contributed by atoms with Crippen molar-refractivity contribution in [1.29, 1.82) is 0 Å². The minimum atomic E-state index is 0.0600. The van der Waals surface area contributed by atoms with Gasteiger partial charge in [-0.2, -0.15) is 0 Å². The quantitative estimate of drug-likeness (QED) is 0.826. The third kappa shape index (κ3) is 4.09. The van der Waals surface area contributed by atoms with E-state index in [0.29, 0.717) is 24.4 Å². The molecule has 0 radical (unpaired) electrons. The molecule has 1 saturated carbocycles. The number of aromatic nitrogens is 2. The Bertz CT molecular complexity index is 620. The van der Waals surface area contributed by atoms with E-state index in [-0.39, 0.29) is 11.8 Å². The summed E-state index contributed by atoms with van der Waals surface area (Å²) in [5, 5.41) is 3.01. The standard InChI is InChI=1S/C19H29N5O2/c25-18(22-12-17-20-7-8-21-17)15-2-1-9-24(13-15)16-5-10-23(11-6-16)19(26)14-3-4-14/h7-8,14-16H,1-6,9-13H2,(H,20,21)(H,22,25)/t15-/m1/s1. The van der Waals surface area contributed by atoms with Crippen LogP contribution in [-0.2, 0) is 16.1 Å². The molecule has 142 valence electrons. The number of carbonyl (C=O) groups excluding carboxylic acids is 2. The molecule has 1 aromatic rings. The number of carbonyl (C=O) groups is 2. The summed E-state index contributed by atoms with van der Waals surface area (Å²) in [5.41, 5.74) is 0. The van der Waals surface area contributed by atoms with Gasteiger partial charge in [-0.15, -0.1) is 0 Å². The molecule has 1 aliphatic carbocycles. The van der Waals surface area contributed by atoms with E-state index in [2.05, 4.69) is 25.1 Å². The van der Waals surface area contributed by atoms with E-state index in [0.717, 1.165) is 70.5 Å². The number of rotatable bonds is 5. The van der Waals surface area contributed by atoms with E-state index < -0.39 is 0 Å². The zero-order valence-corrected chi connectivity index (χ0v) is 15.3. The van der Waals surface area contributed by atoms with Crippen LogP contribution in [-0.4, -0.2) is 63.8 Å². The van der Waals surface area contributed by atoms with Crippen LogP contribution in [0.4, 0.5) is 0 Å². The van der Waals surface area contributed by atoms with Gasteiger partial charge in [0.2, 0.25) is 11.8 Å². The molecule has 2 saturated heterocycles. The van der Waals surface area contributed by atoms with Crippen LogP contribution >= 0.6 is 0 Å². The van der Waals surface area contributed by atoms with Crippen molar-refractivity contribution in [2.75, 3.05) is 26.2 Å². The first kappa shape index (κ1) is 17.5. The Morgan fingerprint density at radius 1 is 1.12 bits per heavy atom. The predicted molar refractivity (Wildman–Crippen MR) is 97.1 cm³/mol. The first-order valence-electron chi connectivity index (χ1n) is 9.99. The Morgan fingerprint density at radius 2 is 1.92 bits per heavy atom. The molecule has 0 bridgehead atoms. The van der Waals surface area contributed by atoms with Crippen LogP contribution in [0.25, 0.3) is 0 Å². The van der Waals surface area contributed by atoms with Crippen molar-refractivity contribution in [3.63, 3.8) is 0 Å². The SMILES string of the molecule is O=C(NCc1ncc[nH]1)[C@@H]1CCCN(C2CCN(C(=O)C3CC3)CC2)C1. The molecule has 4 rings (SSSR count). The molecule has 0 unspecified atom stereocenters. The average molecular weight is 359 g/mol. The van der Waals surface area contributed by atoms with E-state index in [1.54, 1.807) is 12.4 Å². The van der Waals surface area contributed by atoms with E-state index in [1.807, 2.05) is 0 Å². The molecule has 7 heteroatoms. The molecule has 3 heterocycles. The monoisotopic (exact) mass is 359 g/mol. The lowest BCUT2D eigenvalue weighted by Crippen LogP contribution is -2.51. The summed E-state index contributed by atoms with van der Waals surface area (Å²) >= 11 is 0. The molecular formula is C19H29N5O2. The number of likely N-dealkylation sites (tertiary alicyclic amines) is 2. The molecule has 2 amide bonds. The largest absolute Gasteiger partial charge is 0.349 e. The van der Waals surface area contributed by atoms with Crippen molar-refractivity contribution in [3.8, 4) is 0 Å². The van der Waals surface area contributed by atoms with Gasteiger partial charge in [-0.05, 0) is 45.1 Å². The number of hydrogen-bond acceptors (Lipinski definition) is 4. The predicted octanol–water partition coefficient (Wildman–Crippen LogP) is 1.14. The van der Waals surface area contributed by atoms with Crippen molar-refractivity contribution in [1.82, 2.24) is 25.1 Å². The van der Waals surface area contributed by atoms with E-state index in [4.69, 9.17) is 0 Å². The van der Waals surface area contributed by atoms with Crippen molar-refractivity contribution in [2.24, 2.45) is 11.8 Å². The maximum Gasteiger partial charge on any atom is 0.225 e. The van der Waals surface area contributed by atoms with Gasteiger partial charge in [0.15, 0.2) is 0 Å². The lowest BCUT2D eigenvalue weighted by molar-refractivity contribution is -0.134. The van der Waals surface area contributed by atoms with Crippen LogP contribution in [0.2, 0.25) is 0 Å². The number of amides is 2. The van der Waals surface area contributed by atoms with Gasteiger partial charge in [0.1, 0.15) is 5.82 Å². The van der Waals surface area contributed by atoms with Crippen molar-refractivity contribution in [2.45, 2.75) is 51.1 Å². The average Bonchev–Trinajstić information content (AvgIpc) is 3.41. The Labute approximate surface area is 154 Å². The molecule has 0 spiro atoms. The lowest BCUT2D eigenvalue weighted by Gasteiger charge is -2.42. The van der Waals surface area contributed by atoms with E-state index in [9.17, 15) is 9.59 Å². The van der Waals surface area contributed by atoms with Gasteiger partial charge in [0, 0.05) is 44.0 Å². The second-order valence-electron chi connectivity index (χ2n) is 7.92. The summed E-state index contributed by atoms with van der Waals surface area (Å²) < 4.78 is 0. The fourth-order valence-corrected chi connectivity index (χ4v) is 4.30. The highest BCUT2D eigenvalue weighted by Gasteiger charge is 2.37. The zero-order chi connectivity index (χ0) is 17.9. The number of H-pyrrole nitrogens is 1. The maximum absolute atomic E-state index is 12.5. The number of nitrogens with one attached hydrogen (secondary N) is 2. The molecule has 3 aliphatic rings. The van der Waals surface area contributed by atoms with Gasteiger partial charge < -0.3 is 15.2 Å². The molecule has 1 atom stereocenters. The summed E-state index contributed by atoms with van der Waals surface area (Å²) in [5.74, 6) is 1.68.